The third-order valence-corrected chi connectivity index (χ3v) is 8.73. The van der Waals surface area contributed by atoms with E-state index in [1.54, 1.807) is 16.7 Å². The Morgan fingerprint density at radius 2 is 1.69 bits per heavy atom. The summed E-state index contributed by atoms with van der Waals surface area (Å²) in [7, 11) is 0. The van der Waals surface area contributed by atoms with E-state index >= 15 is 0 Å². The molecule has 3 amide bonds. The molecule has 2 atom stereocenters. The molecule has 0 bridgehead atoms. The monoisotopic (exact) mass is 603 g/mol. The zero-order chi connectivity index (χ0) is 31.1. The molecule has 1 aromatic rings. The van der Waals surface area contributed by atoms with E-state index in [-0.39, 0.29) is 17.9 Å². The van der Waals surface area contributed by atoms with E-state index in [4.69, 9.17) is 4.74 Å². The first-order chi connectivity index (χ1) is 20.0. The molecule has 0 radical (unpaired) electrons. The van der Waals surface area contributed by atoms with Gasteiger partial charge in [0.2, 0.25) is 11.8 Å². The molecule has 0 aromatic heterocycles. The minimum Gasteiger partial charge on any atom is -0.444 e. The Bertz CT molecular complexity index is 987. The highest BCUT2D eigenvalue weighted by Crippen LogP contribution is 2.29. The summed E-state index contributed by atoms with van der Waals surface area (Å²) in [5.74, 6) is 0.336. The maximum Gasteiger partial charge on any atom is 0.408 e. The van der Waals surface area contributed by atoms with E-state index in [9.17, 15) is 14.4 Å². The van der Waals surface area contributed by atoms with E-state index in [0.29, 0.717) is 18.7 Å². The molecule has 1 aromatic carbocycles. The van der Waals surface area contributed by atoms with Crippen LogP contribution in [0.5, 0.6) is 0 Å². The summed E-state index contributed by atoms with van der Waals surface area (Å²) in [4.78, 5) is 43.3. The van der Waals surface area contributed by atoms with E-state index < -0.39 is 23.8 Å². The van der Waals surface area contributed by atoms with Gasteiger partial charge < -0.3 is 20.3 Å². The number of amides is 3. The van der Waals surface area contributed by atoms with Gasteiger partial charge in [-0.1, -0.05) is 76.5 Å². The van der Waals surface area contributed by atoms with Crippen molar-refractivity contribution in [3.63, 3.8) is 0 Å². The van der Waals surface area contributed by atoms with Gasteiger partial charge in [0.25, 0.3) is 0 Å². The SMILES string of the molecule is CCCCCCCCN(C(=O)C(CCSC)NC(=O)OC(C)(C)C)C(C(=O)NC1CCCCC1)c1cccc(C)c1C. The third kappa shape index (κ3) is 12.2. The summed E-state index contributed by atoms with van der Waals surface area (Å²) in [6, 6.07) is 4.55. The van der Waals surface area contributed by atoms with Crippen LogP contribution in [0.25, 0.3) is 0 Å². The third-order valence-electron chi connectivity index (χ3n) is 8.09. The molecule has 8 heteroatoms. The minimum atomic E-state index is -0.789. The number of rotatable bonds is 16. The van der Waals surface area contributed by atoms with Crippen LogP contribution in [0.3, 0.4) is 0 Å². The van der Waals surface area contributed by atoms with E-state index in [2.05, 4.69) is 17.6 Å². The van der Waals surface area contributed by atoms with Crippen molar-refractivity contribution in [3.8, 4) is 0 Å². The van der Waals surface area contributed by atoms with Crippen molar-refractivity contribution >= 4 is 29.7 Å². The highest BCUT2D eigenvalue weighted by Gasteiger charge is 2.37. The predicted octanol–water partition coefficient (Wildman–Crippen LogP) is 7.63. The van der Waals surface area contributed by atoms with Crippen molar-refractivity contribution in [2.75, 3.05) is 18.6 Å². The molecule has 2 N–H and O–H groups in total. The molecular weight excluding hydrogens is 546 g/mol. The first kappa shape index (κ1) is 36.0. The smallest absolute Gasteiger partial charge is 0.408 e. The van der Waals surface area contributed by atoms with E-state index in [1.165, 1.54) is 25.7 Å². The van der Waals surface area contributed by atoms with Gasteiger partial charge in [-0.2, -0.15) is 11.8 Å². The first-order valence-corrected chi connectivity index (χ1v) is 17.5. The van der Waals surface area contributed by atoms with Crippen LogP contribution in [0, 0.1) is 13.8 Å². The number of aryl methyl sites for hydroxylation is 1. The van der Waals surface area contributed by atoms with Crippen molar-refractivity contribution < 1.29 is 19.1 Å². The Labute approximate surface area is 259 Å². The van der Waals surface area contributed by atoms with Gasteiger partial charge in [-0.3, -0.25) is 9.59 Å². The van der Waals surface area contributed by atoms with Crippen LogP contribution < -0.4 is 10.6 Å². The number of alkyl carbamates (subject to hydrolysis) is 1. The number of unbranched alkanes of at least 4 members (excludes halogenated alkanes) is 5. The Morgan fingerprint density at radius 1 is 1.02 bits per heavy atom. The van der Waals surface area contributed by atoms with Crippen LogP contribution in [0.1, 0.15) is 127 Å². The zero-order valence-electron chi connectivity index (χ0n) is 27.4. The number of hydrogen-bond donors (Lipinski definition) is 2. The summed E-state index contributed by atoms with van der Waals surface area (Å²) in [6.45, 7) is 12.1. The number of ether oxygens (including phenoxy) is 1. The Morgan fingerprint density at radius 3 is 2.33 bits per heavy atom. The number of nitrogens with one attached hydrogen (secondary N) is 2. The molecule has 0 saturated heterocycles. The Hall–Kier alpha value is -2.22. The standard InChI is InChI=1S/C34H57N3O4S/c1-8-9-10-11-12-16-23-37(32(39)29(22-24-42-7)36-33(40)41-34(4,5)6)30(28-21-17-18-25(2)26(28)3)31(38)35-27-19-14-13-15-20-27/h17-18,21,27,29-30H,8-16,19-20,22-24H2,1-7H3,(H,35,38)(H,36,40). The number of hydrogen-bond acceptors (Lipinski definition) is 5. The molecule has 1 saturated carbocycles. The quantitative estimate of drug-likeness (QED) is 0.190. The second kappa shape index (κ2) is 18.4. The summed E-state index contributed by atoms with van der Waals surface area (Å²) in [5, 5.41) is 6.18. The van der Waals surface area contributed by atoms with Crippen molar-refractivity contribution in [2.45, 2.75) is 142 Å². The lowest BCUT2D eigenvalue weighted by molar-refractivity contribution is -0.143. The minimum absolute atomic E-state index is 0.122. The van der Waals surface area contributed by atoms with E-state index in [1.807, 2.05) is 59.1 Å². The second-order valence-electron chi connectivity index (χ2n) is 12.8. The molecule has 2 rings (SSSR count). The molecule has 1 fully saturated rings. The topological polar surface area (TPSA) is 87.7 Å². The summed E-state index contributed by atoms with van der Waals surface area (Å²) < 4.78 is 5.54. The largest absolute Gasteiger partial charge is 0.444 e. The molecule has 0 aliphatic heterocycles. The van der Waals surface area contributed by atoms with Crippen LogP contribution in [0.4, 0.5) is 4.79 Å². The van der Waals surface area contributed by atoms with E-state index in [0.717, 1.165) is 61.6 Å². The molecule has 238 valence electrons. The average Bonchev–Trinajstić information content (AvgIpc) is 2.93. The van der Waals surface area contributed by atoms with Crippen molar-refractivity contribution in [1.29, 1.82) is 0 Å². The molecule has 7 nitrogen and oxygen atoms in total. The van der Waals surface area contributed by atoms with Gasteiger partial charge in [0.15, 0.2) is 0 Å². The van der Waals surface area contributed by atoms with Gasteiger partial charge in [-0.15, -0.1) is 0 Å². The highest BCUT2D eigenvalue weighted by atomic mass is 32.2. The molecule has 0 spiro atoms. The van der Waals surface area contributed by atoms with Crippen LogP contribution in [0.15, 0.2) is 18.2 Å². The lowest BCUT2D eigenvalue weighted by atomic mass is 9.92. The molecule has 0 heterocycles. The average molecular weight is 604 g/mol. The van der Waals surface area contributed by atoms with Crippen LogP contribution in [-0.4, -0.2) is 59.0 Å². The summed E-state index contributed by atoms with van der Waals surface area (Å²) in [5.41, 5.74) is 2.27. The number of benzene rings is 1. The van der Waals surface area contributed by atoms with Crippen molar-refractivity contribution in [1.82, 2.24) is 15.5 Å². The van der Waals surface area contributed by atoms with Gasteiger partial charge in [0.1, 0.15) is 17.7 Å². The van der Waals surface area contributed by atoms with Gasteiger partial charge >= 0.3 is 6.09 Å². The fourth-order valence-corrected chi connectivity index (χ4v) is 6.09. The van der Waals surface area contributed by atoms with Crippen LogP contribution in [-0.2, 0) is 14.3 Å². The lowest BCUT2D eigenvalue weighted by Gasteiger charge is -2.36. The van der Waals surface area contributed by atoms with Crippen LogP contribution in [0.2, 0.25) is 0 Å². The fraction of sp³-hybridized carbons (Fsp3) is 0.735. The summed E-state index contributed by atoms with van der Waals surface area (Å²) in [6.07, 6.45) is 13.6. The lowest BCUT2D eigenvalue weighted by Crippen LogP contribution is -2.54. The van der Waals surface area contributed by atoms with Gasteiger partial charge in [-0.25, -0.2) is 4.79 Å². The predicted molar refractivity (Wildman–Crippen MR) is 175 cm³/mol. The molecule has 1 aliphatic carbocycles. The molecule has 2 unspecified atom stereocenters. The zero-order valence-corrected chi connectivity index (χ0v) is 28.2. The molecular formula is C34H57N3O4S. The fourth-order valence-electron chi connectivity index (χ4n) is 5.62. The number of carbonyl (C=O) groups is 3. The van der Waals surface area contributed by atoms with Crippen molar-refractivity contribution in [3.05, 3.63) is 34.9 Å². The Kier molecular flexibility index (Phi) is 15.8. The van der Waals surface area contributed by atoms with Gasteiger partial charge in [-0.05, 0) is 89.0 Å². The molecule has 42 heavy (non-hydrogen) atoms. The second-order valence-corrected chi connectivity index (χ2v) is 13.8. The van der Waals surface area contributed by atoms with Crippen molar-refractivity contribution in [2.24, 2.45) is 0 Å². The normalized spacial score (nSPS) is 15.5. The maximum absolute atomic E-state index is 14.5. The number of thioether (sulfide) groups is 1. The maximum atomic E-state index is 14.5. The number of carbonyl (C=O) groups excluding carboxylic acids is 3. The molecule has 1 aliphatic rings. The number of nitrogens with zero attached hydrogens (tertiary/aromatic N) is 1. The highest BCUT2D eigenvalue weighted by molar-refractivity contribution is 7.98. The first-order valence-electron chi connectivity index (χ1n) is 16.1. The van der Waals surface area contributed by atoms with Gasteiger partial charge in [0.05, 0.1) is 0 Å². The van der Waals surface area contributed by atoms with Crippen LogP contribution >= 0.6 is 11.8 Å². The summed E-state index contributed by atoms with van der Waals surface area (Å²) >= 11 is 1.62. The Balaban J connectivity index is 2.48. The van der Waals surface area contributed by atoms with Gasteiger partial charge in [0, 0.05) is 12.6 Å².